The summed E-state index contributed by atoms with van der Waals surface area (Å²) in [7, 11) is 6.92. The molecule has 6 aliphatic rings. The van der Waals surface area contributed by atoms with Crippen LogP contribution < -0.4 is 41.2 Å². The lowest BCUT2D eigenvalue weighted by Crippen LogP contribution is -2.51. The molecule has 6 heterocycles. The number of carbonyl (C=O) groups is 12. The predicted molar refractivity (Wildman–Crippen MR) is 573 cm³/mol. The summed E-state index contributed by atoms with van der Waals surface area (Å²) < 4.78 is 39.2. The number of carbonyl (C=O) groups excluding carboxylic acids is 12. The number of aliphatic hydroxyl groups is 1. The molecule has 0 unspecified atom stereocenters. The van der Waals surface area contributed by atoms with Gasteiger partial charge in [-0.3, -0.25) is 38.4 Å². The number of nitrogens with two attached hydrogens (primary N) is 1. The van der Waals surface area contributed by atoms with Gasteiger partial charge in [0, 0.05) is 103 Å². The second kappa shape index (κ2) is 62.2. The van der Waals surface area contributed by atoms with Crippen molar-refractivity contribution >= 4 is 94.8 Å². The maximum Gasteiger partial charge on any atom is 0.408 e. The third-order valence-electron chi connectivity index (χ3n) is 24.9. The number of likely N-dealkylation sites (N-methyl/N-ethyl adjacent to an activating group) is 3. The van der Waals surface area contributed by atoms with Crippen molar-refractivity contribution < 1.29 is 101 Å². The molecule has 7 aromatic carbocycles. The number of fused-ring (bicyclic) bond motifs is 6. The molecule has 12 atom stereocenters. The van der Waals surface area contributed by atoms with Crippen molar-refractivity contribution in [3.63, 3.8) is 0 Å². The molecule has 0 aromatic heterocycles. The lowest BCUT2D eigenvalue weighted by molar-refractivity contribution is -0.135. The summed E-state index contributed by atoms with van der Waals surface area (Å²) in [5, 5.41) is 29.9. The van der Waals surface area contributed by atoms with E-state index >= 15 is 0 Å². The van der Waals surface area contributed by atoms with E-state index in [4.69, 9.17) is 62.1 Å². The molecule has 8 N–H and O–H groups in total. The highest BCUT2D eigenvalue weighted by molar-refractivity contribution is 6.40. The zero-order valence-electron chi connectivity index (χ0n) is 87.1. The third-order valence-corrected chi connectivity index (χ3v) is 24.9. The van der Waals surface area contributed by atoms with Gasteiger partial charge in [0.15, 0.2) is 0 Å². The fourth-order valence-corrected chi connectivity index (χ4v) is 17.5. The lowest BCUT2D eigenvalue weighted by atomic mass is 10.1. The van der Waals surface area contributed by atoms with E-state index in [1.807, 2.05) is 132 Å². The van der Waals surface area contributed by atoms with Gasteiger partial charge in [0.1, 0.15) is 86.4 Å². The number of rotatable bonds is 26. The van der Waals surface area contributed by atoms with Crippen LogP contribution in [0.15, 0.2) is 251 Å². The number of hydrogen-bond acceptors (Lipinski definition) is 22. The number of alkyl halides is 2. The Bertz CT molecular complexity index is 5570. The highest BCUT2D eigenvalue weighted by Crippen LogP contribution is 2.32. The Kier molecular flexibility index (Phi) is 50.1. The van der Waals surface area contributed by atoms with Crippen molar-refractivity contribution in [2.45, 2.75) is 186 Å². The van der Waals surface area contributed by atoms with Crippen LogP contribution in [0, 0.1) is 17.8 Å². The molecule has 0 spiro atoms. The first-order valence-corrected chi connectivity index (χ1v) is 51.1. The number of nitrogens with zero attached hydrogens (tertiary/aromatic N) is 8. The highest BCUT2D eigenvalue weighted by Gasteiger charge is 2.43. The first-order valence-electron chi connectivity index (χ1n) is 50.1. The van der Waals surface area contributed by atoms with Crippen LogP contribution in [0.4, 0.5) is 19.2 Å². The van der Waals surface area contributed by atoms with E-state index in [2.05, 4.69) is 68.4 Å². The van der Waals surface area contributed by atoms with E-state index in [9.17, 15) is 67.7 Å². The molecule has 149 heavy (non-hydrogen) atoms. The number of amides is 12. The van der Waals surface area contributed by atoms with E-state index in [1.165, 1.54) is 28.0 Å². The number of alkyl carbamates (subject to hydrolysis) is 4. The summed E-state index contributed by atoms with van der Waals surface area (Å²) in [6, 6.07) is 51.5. The highest BCUT2D eigenvalue weighted by atomic mass is 35.5. The van der Waals surface area contributed by atoms with Crippen LogP contribution in [0.2, 0.25) is 0 Å². The Morgan fingerprint density at radius 2 is 0.993 bits per heavy atom. The molecule has 4 fully saturated rings. The van der Waals surface area contributed by atoms with Gasteiger partial charge in [-0.1, -0.05) is 172 Å². The normalized spacial score (nSPS) is 19.9. The van der Waals surface area contributed by atoms with E-state index in [0.29, 0.717) is 117 Å². The number of phenolic OH excluding ortho intramolecular Hbond substituents is 1. The van der Waals surface area contributed by atoms with E-state index in [1.54, 1.807) is 152 Å². The molecule has 13 rings (SSSR count). The van der Waals surface area contributed by atoms with Gasteiger partial charge >= 0.3 is 24.4 Å². The Labute approximate surface area is 885 Å². The summed E-state index contributed by atoms with van der Waals surface area (Å²) in [5.74, 6) is 1.84. The van der Waals surface area contributed by atoms with Crippen LogP contribution in [-0.4, -0.2) is 293 Å². The van der Waals surface area contributed by atoms with E-state index in [0.717, 1.165) is 55.3 Å². The van der Waals surface area contributed by atoms with Crippen LogP contribution >= 0.6 is 23.2 Å². The average Bonchev–Trinajstić information content (AvgIpc) is 1.67. The van der Waals surface area contributed by atoms with E-state index in [-0.39, 0.29) is 147 Å². The van der Waals surface area contributed by atoms with Crippen molar-refractivity contribution in [2.24, 2.45) is 23.5 Å². The van der Waals surface area contributed by atoms with Gasteiger partial charge in [0.2, 0.25) is 23.6 Å². The lowest BCUT2D eigenvalue weighted by Gasteiger charge is -2.29. The first kappa shape index (κ1) is 120. The maximum atomic E-state index is 13.6. The van der Waals surface area contributed by atoms with Crippen LogP contribution in [0.1, 0.15) is 164 Å². The first-order chi connectivity index (χ1) is 71.4. The van der Waals surface area contributed by atoms with Crippen molar-refractivity contribution in [1.29, 1.82) is 0 Å². The molecule has 0 radical (unpaired) electrons. The second-order valence-electron chi connectivity index (χ2n) is 38.5. The Hall–Kier alpha value is -14.2. The Morgan fingerprint density at radius 3 is 1.48 bits per heavy atom. The Balaban J connectivity index is 0.000000231. The minimum absolute atomic E-state index is 0.0122. The second-order valence-corrected chi connectivity index (χ2v) is 39.3. The molecule has 0 saturated carbocycles. The van der Waals surface area contributed by atoms with Gasteiger partial charge in [0.05, 0.1) is 48.2 Å². The fourth-order valence-electron chi connectivity index (χ4n) is 17.5. The molecular weight excluding hydrogens is 1950 g/mol. The van der Waals surface area contributed by atoms with E-state index < -0.39 is 60.2 Å². The summed E-state index contributed by atoms with van der Waals surface area (Å²) >= 11 is 9.53. The van der Waals surface area contributed by atoms with Crippen molar-refractivity contribution in [3.8, 4) is 23.0 Å². The molecule has 34 nitrogen and oxygen atoms in total. The number of hydrogen-bond donors (Lipinski definition) is 7. The average molecular weight is 2090 g/mol. The summed E-state index contributed by atoms with van der Waals surface area (Å²) in [6.45, 7) is 31.3. The minimum atomic E-state index is -0.898. The van der Waals surface area contributed by atoms with Gasteiger partial charge in [-0.25, -0.2) is 19.2 Å². The van der Waals surface area contributed by atoms with Gasteiger partial charge in [-0.05, 0) is 192 Å². The van der Waals surface area contributed by atoms with Gasteiger partial charge in [-0.2, -0.15) is 0 Å². The monoisotopic (exact) mass is 2090 g/mol. The van der Waals surface area contributed by atoms with Crippen molar-refractivity contribution in [3.05, 3.63) is 290 Å². The molecule has 36 heteroatoms. The number of aliphatic hydroxyl groups excluding tert-OH is 1. The van der Waals surface area contributed by atoms with Crippen molar-refractivity contribution in [2.75, 3.05) is 112 Å². The standard InChI is InChI=1S/C30H37N3O5.C28H33N3O5.C23H33N3O6.C20H29N3O3.C11H13NO2.CH2Cl2/c1-5-11-27(31-30(36)38-20-23-12-8-7-9-13-23)29(35)33-19-22(3)17-25(33)21-37-26-15-10-14-24(18-26)28(34)32(4)16-6-2;1-20-15-23-19-35-24-12-8-11-22(16-24)26(32)30(2)14-7-6-13-25(27(33)31(23)17-20)29-28(34)36-18-21-9-4-3-5-10-21;1-5-9-19(25-21(29)31-15-16-10-7-6-8-11-16)20(28)26-13-17(12-18(26)14-27)24-22(30)32-23(2,3)4;1-14-10-16-13-26-17-7-5-6-15(11-17)19(24)22(2)9-4-3-8-18(21)20(25)23(16)12-14;1-3-7-12(2)11(14)9-5-4-6-10(13)8-9;2-1-3/h5-10,12-15,18,22,25,27H,1-2,11,16-17,19-21H2,3-4H3,(H,31,36);3-12,16,20,23,25H,13-15,17-19H2,1-2H3,(H,29,34);5-8,10-11,17-19,27H,1,9,12-15H2,2-4H3,(H,24,30)(H,25,29);5-7,11,14,16,18H,3-4,8-10,12-13,21H2,1-2H3;3-6,8,13H,1,7H2,2H3;1H2/t22-,25-,27-;20-,23-,25-;17-,18-,19-;14-,16-,18-;;/m0000../s1. The van der Waals surface area contributed by atoms with Crippen LogP contribution in [0.25, 0.3) is 0 Å². The molecule has 7 aromatic rings. The quantitative estimate of drug-likeness (QED) is 0.0150. The molecule has 6 aliphatic heterocycles. The van der Waals surface area contributed by atoms with Crippen LogP contribution in [-0.2, 0) is 57.9 Å². The van der Waals surface area contributed by atoms with Gasteiger partial charge in [0.25, 0.3) is 23.6 Å². The largest absolute Gasteiger partial charge is 0.508 e. The Morgan fingerprint density at radius 1 is 0.530 bits per heavy atom. The molecule has 4 saturated heterocycles. The smallest absolute Gasteiger partial charge is 0.408 e. The molecule has 0 aliphatic carbocycles. The summed E-state index contributed by atoms with van der Waals surface area (Å²) in [5.41, 5.74) is 10.2. The van der Waals surface area contributed by atoms with Crippen molar-refractivity contribution in [1.82, 2.24) is 60.5 Å². The molecule has 4 bridgehead atoms. The summed E-state index contributed by atoms with van der Waals surface area (Å²) in [4.78, 5) is 165. The van der Waals surface area contributed by atoms with Gasteiger partial charge in [-0.15, -0.1) is 49.5 Å². The fraction of sp³-hybridized carbons (Fsp3) is 0.434. The third kappa shape index (κ3) is 40.1. The van der Waals surface area contributed by atoms with Gasteiger partial charge < -0.3 is 110 Å². The number of halogens is 2. The topological polar surface area (TPSA) is 410 Å². The van der Waals surface area contributed by atoms with Crippen LogP contribution in [0.3, 0.4) is 0 Å². The number of ether oxygens (including phenoxy) is 7. The zero-order chi connectivity index (χ0) is 109. The summed E-state index contributed by atoms with van der Waals surface area (Å²) in [6.07, 6.45) is 13.4. The molecule has 12 amide bonds. The number of aromatic hydroxyl groups is 1. The van der Waals surface area contributed by atoms with Crippen LogP contribution in [0.5, 0.6) is 23.0 Å². The number of likely N-dealkylation sites (tertiary alicyclic amines) is 2. The number of benzene rings is 7. The number of phenols is 1. The molecule has 804 valence electrons. The molecular formula is C113H147Cl2N13O21. The maximum absolute atomic E-state index is 13.6. The predicted octanol–water partition coefficient (Wildman–Crippen LogP) is 15.4. The SMILES string of the molecule is C=CCN(C)C(=O)c1cccc(O)c1.C=CC[C@H](NC(=O)OCc1ccccc1)C(=O)N1C[C@@H](C)C[C@H]1COc1cccc(C(=O)N(C)CC=C)c1.C=CC[C@H](NC(=O)OCc1ccccc1)C(=O)N1C[C@@H](NC(=O)OC(C)(C)C)C[C@H]1CO.C[C@H]1C[C@H]2COc3cccc(c3)C(=O)N(C)CC=CC[C@H](NC(=O)OCc3ccccc3)C(=O)N2C1.C[C@H]1C[C@H]2COc3cccc(c3)C(=O)N(C)CCCC[C@H](N)C(=O)N2C1.ClCCl. The number of nitrogens with one attached hydrogen (secondary N) is 4. The zero-order valence-corrected chi connectivity index (χ0v) is 88.6. The minimum Gasteiger partial charge on any atom is -0.508 e.